The first-order chi connectivity index (χ1) is 9.07. The van der Waals surface area contributed by atoms with Gasteiger partial charge in [0.15, 0.2) is 0 Å². The molecule has 1 rings (SSSR count). The Morgan fingerprint density at radius 3 is 2.00 bits per heavy atom. The summed E-state index contributed by atoms with van der Waals surface area (Å²) >= 11 is 0. The van der Waals surface area contributed by atoms with E-state index < -0.39 is 0 Å². The third kappa shape index (κ3) is 5.02. The summed E-state index contributed by atoms with van der Waals surface area (Å²) in [5.41, 5.74) is 2.14. The lowest BCUT2D eigenvalue weighted by atomic mass is 9.99. The molecule has 0 aliphatic carbocycles. The van der Waals surface area contributed by atoms with Gasteiger partial charge in [-0.1, -0.05) is 51.9 Å². The fourth-order valence-electron chi connectivity index (χ4n) is 2.74. The van der Waals surface area contributed by atoms with Crippen LogP contribution in [0.2, 0.25) is 0 Å². The fraction of sp³-hybridized carbons (Fsp3) is 0.765. The Kier molecular flexibility index (Phi) is 7.22. The van der Waals surface area contributed by atoms with Crippen molar-refractivity contribution in [2.45, 2.75) is 85.2 Å². The van der Waals surface area contributed by atoms with Gasteiger partial charge in [0.1, 0.15) is 11.5 Å². The maximum Gasteiger partial charge on any atom is 0.107 e. The van der Waals surface area contributed by atoms with Crippen molar-refractivity contribution in [3.05, 3.63) is 22.6 Å². The van der Waals surface area contributed by atoms with Crippen LogP contribution in [0.1, 0.15) is 87.0 Å². The minimum atomic E-state index is -0.354. The van der Waals surface area contributed by atoms with Gasteiger partial charge >= 0.3 is 0 Å². The summed E-state index contributed by atoms with van der Waals surface area (Å²) in [7, 11) is 0. The third-order valence-electron chi connectivity index (χ3n) is 4.03. The second-order valence-corrected chi connectivity index (χ2v) is 5.68. The van der Waals surface area contributed by atoms with Gasteiger partial charge in [0.05, 0.1) is 6.10 Å². The zero-order chi connectivity index (χ0) is 14.3. The summed E-state index contributed by atoms with van der Waals surface area (Å²) in [5, 5.41) is 10.3. The summed E-state index contributed by atoms with van der Waals surface area (Å²) in [6.07, 6.45) is 9.50. The molecule has 0 aliphatic rings. The van der Waals surface area contributed by atoms with Crippen molar-refractivity contribution in [1.29, 1.82) is 0 Å². The highest BCUT2D eigenvalue weighted by Gasteiger charge is 2.18. The first-order valence-corrected chi connectivity index (χ1v) is 7.82. The van der Waals surface area contributed by atoms with E-state index in [4.69, 9.17) is 4.42 Å². The van der Waals surface area contributed by atoms with Crippen LogP contribution in [-0.4, -0.2) is 5.11 Å². The number of unbranched alkanes of at least 4 members (excludes halogenated alkanes) is 6. The van der Waals surface area contributed by atoms with Crippen LogP contribution in [0.5, 0.6) is 0 Å². The van der Waals surface area contributed by atoms with E-state index in [-0.39, 0.29) is 6.10 Å². The molecule has 0 saturated carbocycles. The van der Waals surface area contributed by atoms with Crippen LogP contribution in [0.4, 0.5) is 0 Å². The third-order valence-corrected chi connectivity index (χ3v) is 4.03. The number of hydrogen-bond donors (Lipinski definition) is 1. The van der Waals surface area contributed by atoms with Gasteiger partial charge in [0, 0.05) is 5.56 Å². The van der Waals surface area contributed by atoms with E-state index >= 15 is 0 Å². The summed E-state index contributed by atoms with van der Waals surface area (Å²) in [4.78, 5) is 0. The van der Waals surface area contributed by atoms with Gasteiger partial charge in [0.25, 0.3) is 0 Å². The first-order valence-electron chi connectivity index (χ1n) is 7.82. The molecule has 0 fully saturated rings. The predicted octanol–water partition coefficient (Wildman–Crippen LogP) is 5.38. The minimum Gasteiger partial charge on any atom is -0.466 e. The van der Waals surface area contributed by atoms with E-state index in [1.807, 2.05) is 20.8 Å². The summed E-state index contributed by atoms with van der Waals surface area (Å²) in [5.74, 6) is 1.82. The smallest absolute Gasteiger partial charge is 0.107 e. The van der Waals surface area contributed by atoms with Gasteiger partial charge in [-0.15, -0.1) is 0 Å². The van der Waals surface area contributed by atoms with E-state index in [0.29, 0.717) is 0 Å². The number of rotatable bonds is 9. The number of aryl methyl sites for hydroxylation is 2. The van der Waals surface area contributed by atoms with Crippen molar-refractivity contribution in [3.63, 3.8) is 0 Å². The van der Waals surface area contributed by atoms with Crippen molar-refractivity contribution < 1.29 is 9.52 Å². The van der Waals surface area contributed by atoms with Crippen molar-refractivity contribution in [2.24, 2.45) is 0 Å². The maximum atomic E-state index is 10.3. The normalized spacial score (nSPS) is 12.9. The zero-order valence-corrected chi connectivity index (χ0v) is 13.1. The Morgan fingerprint density at radius 1 is 0.895 bits per heavy atom. The Balaban J connectivity index is 2.26. The Morgan fingerprint density at radius 2 is 1.47 bits per heavy atom. The van der Waals surface area contributed by atoms with Crippen molar-refractivity contribution >= 4 is 0 Å². The molecule has 0 aromatic carbocycles. The van der Waals surface area contributed by atoms with Crippen molar-refractivity contribution in [1.82, 2.24) is 0 Å². The second-order valence-electron chi connectivity index (χ2n) is 5.68. The predicted molar refractivity (Wildman–Crippen MR) is 80.5 cm³/mol. The van der Waals surface area contributed by atoms with Gasteiger partial charge in [-0.2, -0.15) is 0 Å². The molecular weight excluding hydrogens is 236 g/mol. The van der Waals surface area contributed by atoms with Crippen LogP contribution in [-0.2, 0) is 0 Å². The molecule has 0 radical (unpaired) electrons. The average Bonchev–Trinajstić information content (AvgIpc) is 2.62. The highest BCUT2D eigenvalue weighted by Crippen LogP contribution is 2.30. The monoisotopic (exact) mass is 266 g/mol. The van der Waals surface area contributed by atoms with Gasteiger partial charge in [-0.05, 0) is 32.8 Å². The van der Waals surface area contributed by atoms with E-state index in [0.717, 1.165) is 35.5 Å². The topological polar surface area (TPSA) is 33.4 Å². The molecule has 0 bridgehead atoms. The van der Waals surface area contributed by atoms with Crippen LogP contribution in [0.25, 0.3) is 0 Å². The highest BCUT2D eigenvalue weighted by molar-refractivity contribution is 5.33. The molecule has 1 aromatic heterocycles. The van der Waals surface area contributed by atoms with Crippen LogP contribution >= 0.6 is 0 Å². The van der Waals surface area contributed by atoms with Crippen LogP contribution < -0.4 is 0 Å². The van der Waals surface area contributed by atoms with Gasteiger partial charge < -0.3 is 9.52 Å². The maximum absolute atomic E-state index is 10.3. The fourth-order valence-corrected chi connectivity index (χ4v) is 2.74. The number of furan rings is 1. The van der Waals surface area contributed by atoms with Crippen LogP contribution in [0, 0.1) is 20.8 Å². The van der Waals surface area contributed by atoms with Gasteiger partial charge in [0.2, 0.25) is 0 Å². The molecule has 0 aliphatic heterocycles. The molecule has 19 heavy (non-hydrogen) atoms. The van der Waals surface area contributed by atoms with Gasteiger partial charge in [-0.3, -0.25) is 0 Å². The quantitative estimate of drug-likeness (QED) is 0.609. The molecular formula is C17H30O2. The standard InChI is InChI=1S/C17H30O2/c1-5-6-7-8-9-10-11-12-16(18)17-13(2)14(3)19-15(17)4/h16,18H,5-12H2,1-4H3. The Hall–Kier alpha value is -0.760. The summed E-state index contributed by atoms with van der Waals surface area (Å²) < 4.78 is 5.58. The van der Waals surface area contributed by atoms with E-state index in [1.165, 1.54) is 38.5 Å². The van der Waals surface area contributed by atoms with Crippen molar-refractivity contribution in [2.75, 3.05) is 0 Å². The minimum absolute atomic E-state index is 0.354. The average molecular weight is 266 g/mol. The van der Waals surface area contributed by atoms with E-state index in [2.05, 4.69) is 6.92 Å². The van der Waals surface area contributed by atoms with Crippen LogP contribution in [0.3, 0.4) is 0 Å². The lowest BCUT2D eigenvalue weighted by molar-refractivity contribution is 0.161. The first kappa shape index (κ1) is 16.3. The number of aliphatic hydroxyl groups excluding tert-OH is 1. The zero-order valence-electron chi connectivity index (χ0n) is 13.1. The molecule has 1 atom stereocenters. The summed E-state index contributed by atoms with van der Waals surface area (Å²) in [6.45, 7) is 8.19. The molecule has 0 spiro atoms. The lowest BCUT2D eigenvalue weighted by Gasteiger charge is -2.11. The van der Waals surface area contributed by atoms with E-state index in [1.54, 1.807) is 0 Å². The SMILES string of the molecule is CCCCCCCCCC(O)c1c(C)oc(C)c1C. The molecule has 1 aromatic rings. The Labute approximate surface area is 118 Å². The van der Waals surface area contributed by atoms with Crippen molar-refractivity contribution in [3.8, 4) is 0 Å². The number of aliphatic hydroxyl groups is 1. The second kappa shape index (κ2) is 8.42. The Bertz CT molecular complexity index is 366. The highest BCUT2D eigenvalue weighted by atomic mass is 16.3. The molecule has 1 heterocycles. The molecule has 0 saturated heterocycles. The van der Waals surface area contributed by atoms with E-state index in [9.17, 15) is 5.11 Å². The lowest BCUT2D eigenvalue weighted by Crippen LogP contribution is -2.00. The molecule has 110 valence electrons. The molecule has 2 nitrogen and oxygen atoms in total. The number of hydrogen-bond acceptors (Lipinski definition) is 2. The molecule has 2 heteroatoms. The molecule has 1 N–H and O–H groups in total. The van der Waals surface area contributed by atoms with Crippen LogP contribution in [0.15, 0.2) is 4.42 Å². The molecule has 0 amide bonds. The largest absolute Gasteiger partial charge is 0.466 e. The van der Waals surface area contributed by atoms with Gasteiger partial charge in [-0.25, -0.2) is 0 Å². The molecule has 1 unspecified atom stereocenters. The summed E-state index contributed by atoms with van der Waals surface area (Å²) in [6, 6.07) is 0.